The van der Waals surface area contributed by atoms with E-state index in [9.17, 15) is 14.0 Å². The van der Waals surface area contributed by atoms with E-state index in [0.717, 1.165) is 27.8 Å². The van der Waals surface area contributed by atoms with Gasteiger partial charge in [0.25, 0.3) is 5.56 Å². The third kappa shape index (κ3) is 5.29. The number of anilines is 1. The minimum absolute atomic E-state index is 0.00584. The van der Waals surface area contributed by atoms with Crippen LogP contribution in [0.2, 0.25) is 0 Å². The van der Waals surface area contributed by atoms with Gasteiger partial charge in [0.2, 0.25) is 18.2 Å². The van der Waals surface area contributed by atoms with E-state index in [1.165, 1.54) is 6.92 Å². The maximum absolute atomic E-state index is 13.7. The van der Waals surface area contributed by atoms with Crippen LogP contribution in [0.25, 0.3) is 22.0 Å². The SMILES string of the molecule is Cc1ccc(OC(C)F)c(Cn2c3cc(-c4cnc(N5CCN(C(=O)CN)[C@H](C)C5)nc4)ccc3c(=O)n2C)c1. The molecule has 10 nitrogen and oxygen atoms in total. The number of halogens is 1. The molecule has 210 valence electrons. The van der Waals surface area contributed by atoms with E-state index in [1.807, 2.05) is 48.9 Å². The van der Waals surface area contributed by atoms with Crippen LogP contribution in [0.1, 0.15) is 25.0 Å². The van der Waals surface area contributed by atoms with Crippen LogP contribution in [-0.4, -0.2) is 68.7 Å². The maximum Gasteiger partial charge on any atom is 0.274 e. The summed E-state index contributed by atoms with van der Waals surface area (Å²) >= 11 is 0. The number of amides is 1. The van der Waals surface area contributed by atoms with Crippen LogP contribution in [0.3, 0.4) is 0 Å². The summed E-state index contributed by atoms with van der Waals surface area (Å²) in [5.41, 5.74) is 9.61. The Labute approximate surface area is 231 Å². The predicted molar refractivity (Wildman–Crippen MR) is 152 cm³/mol. The second-order valence-electron chi connectivity index (χ2n) is 10.2. The van der Waals surface area contributed by atoms with Crippen LogP contribution in [0.15, 0.2) is 53.6 Å². The highest BCUT2D eigenvalue weighted by Crippen LogP contribution is 2.27. The Morgan fingerprint density at radius 2 is 1.90 bits per heavy atom. The molecule has 2 aromatic carbocycles. The zero-order valence-electron chi connectivity index (χ0n) is 23.2. The highest BCUT2D eigenvalue weighted by molar-refractivity contribution is 5.84. The number of ether oxygens (including phenoxy) is 1. The average Bonchev–Trinajstić information content (AvgIpc) is 3.18. The molecule has 1 fully saturated rings. The first-order valence-electron chi connectivity index (χ1n) is 13.3. The summed E-state index contributed by atoms with van der Waals surface area (Å²) in [4.78, 5) is 38.2. The predicted octanol–water partition coefficient (Wildman–Crippen LogP) is 2.84. The lowest BCUT2D eigenvalue weighted by atomic mass is 10.1. The monoisotopic (exact) mass is 547 g/mol. The molecule has 1 aliphatic rings. The zero-order chi connectivity index (χ0) is 28.6. The molecule has 40 heavy (non-hydrogen) atoms. The molecule has 2 atom stereocenters. The summed E-state index contributed by atoms with van der Waals surface area (Å²) in [7, 11) is 1.72. The van der Waals surface area contributed by atoms with Gasteiger partial charge in [-0.05, 0) is 37.6 Å². The molecule has 4 aromatic rings. The van der Waals surface area contributed by atoms with Crippen LogP contribution < -0.4 is 20.9 Å². The third-order valence-corrected chi connectivity index (χ3v) is 7.36. The molecule has 5 rings (SSSR count). The summed E-state index contributed by atoms with van der Waals surface area (Å²) in [6, 6.07) is 11.2. The number of hydrogen-bond acceptors (Lipinski definition) is 7. The van der Waals surface area contributed by atoms with Gasteiger partial charge in [-0.1, -0.05) is 23.8 Å². The number of alkyl halides is 1. The van der Waals surface area contributed by atoms with Gasteiger partial charge in [-0.25, -0.2) is 14.4 Å². The molecule has 1 aliphatic heterocycles. The van der Waals surface area contributed by atoms with E-state index in [1.54, 1.807) is 35.1 Å². The quantitative estimate of drug-likeness (QED) is 0.379. The molecule has 0 radical (unpaired) electrons. The highest BCUT2D eigenvalue weighted by Gasteiger charge is 2.28. The van der Waals surface area contributed by atoms with Gasteiger partial charge < -0.3 is 20.3 Å². The number of piperazine rings is 1. The second kappa shape index (κ2) is 11.1. The Kier molecular flexibility index (Phi) is 7.57. The Balaban J connectivity index is 1.43. The molecule has 2 aromatic heterocycles. The van der Waals surface area contributed by atoms with Crippen LogP contribution in [0.4, 0.5) is 10.3 Å². The van der Waals surface area contributed by atoms with Crippen LogP contribution >= 0.6 is 0 Å². The molecular formula is C29H34FN7O3. The number of hydrogen-bond donors (Lipinski definition) is 1. The average molecular weight is 548 g/mol. The molecule has 1 unspecified atom stereocenters. The molecule has 0 bridgehead atoms. The first kappa shape index (κ1) is 27.3. The normalized spacial score (nSPS) is 16.4. The molecule has 3 heterocycles. The number of rotatable bonds is 7. The number of aromatic nitrogens is 4. The van der Waals surface area contributed by atoms with E-state index in [4.69, 9.17) is 10.5 Å². The molecular weight excluding hydrogens is 513 g/mol. The van der Waals surface area contributed by atoms with Gasteiger partial charge in [0.15, 0.2) is 0 Å². The van der Waals surface area contributed by atoms with Gasteiger partial charge in [0.1, 0.15) is 5.75 Å². The minimum atomic E-state index is -1.46. The van der Waals surface area contributed by atoms with Crippen LogP contribution in [0.5, 0.6) is 5.75 Å². The Bertz CT molecular complexity index is 1600. The second-order valence-corrected chi connectivity index (χ2v) is 10.2. The molecule has 0 spiro atoms. The Morgan fingerprint density at radius 1 is 1.15 bits per heavy atom. The van der Waals surface area contributed by atoms with Crippen molar-refractivity contribution in [3.05, 3.63) is 70.3 Å². The third-order valence-electron chi connectivity index (χ3n) is 7.36. The van der Waals surface area contributed by atoms with E-state index in [2.05, 4.69) is 14.9 Å². The van der Waals surface area contributed by atoms with Crippen molar-refractivity contribution in [3.63, 3.8) is 0 Å². The van der Waals surface area contributed by atoms with Crippen molar-refractivity contribution >= 4 is 22.8 Å². The van der Waals surface area contributed by atoms with E-state index >= 15 is 0 Å². The maximum atomic E-state index is 13.7. The molecule has 0 aliphatic carbocycles. The van der Waals surface area contributed by atoms with E-state index in [-0.39, 0.29) is 24.1 Å². The largest absolute Gasteiger partial charge is 0.460 e. The van der Waals surface area contributed by atoms with Crippen molar-refractivity contribution < 1.29 is 13.9 Å². The lowest BCUT2D eigenvalue weighted by molar-refractivity contribution is -0.132. The van der Waals surface area contributed by atoms with Crippen molar-refractivity contribution in [1.29, 1.82) is 0 Å². The lowest BCUT2D eigenvalue weighted by Gasteiger charge is -2.39. The van der Waals surface area contributed by atoms with E-state index < -0.39 is 6.36 Å². The zero-order valence-corrected chi connectivity index (χ0v) is 23.2. The van der Waals surface area contributed by atoms with Gasteiger partial charge in [-0.15, -0.1) is 0 Å². The van der Waals surface area contributed by atoms with E-state index in [0.29, 0.717) is 43.3 Å². The summed E-state index contributed by atoms with van der Waals surface area (Å²) in [6.45, 7) is 7.45. The summed E-state index contributed by atoms with van der Waals surface area (Å²) < 4.78 is 22.5. The fraction of sp³-hybridized carbons (Fsp3) is 0.379. The van der Waals surface area contributed by atoms with Gasteiger partial charge in [0, 0.05) is 63.2 Å². The van der Waals surface area contributed by atoms with Gasteiger partial charge in [-0.2, -0.15) is 0 Å². The highest BCUT2D eigenvalue weighted by atomic mass is 19.1. The molecule has 0 saturated carbocycles. The van der Waals surface area contributed by atoms with Crippen molar-refractivity contribution in [2.45, 2.75) is 39.7 Å². The number of aryl methyl sites for hydroxylation is 1. The number of carbonyl (C=O) groups is 1. The van der Waals surface area contributed by atoms with Crippen LogP contribution in [-0.2, 0) is 18.4 Å². The smallest absolute Gasteiger partial charge is 0.274 e. The summed E-state index contributed by atoms with van der Waals surface area (Å²) in [5.74, 6) is 0.987. The first-order valence-corrected chi connectivity index (χ1v) is 13.3. The standard InChI is InChI=1S/C29H34FN7O3/c1-18-5-8-26(40-20(3)30)22(11-18)17-37-25-12-21(6-7-24(25)28(39)34(37)4)23-14-32-29(33-15-23)35-9-10-36(19(2)16-35)27(38)13-31/h5-8,11-12,14-15,19-20H,9-10,13,16-17,31H2,1-4H3/t19-,20?/m1/s1. The fourth-order valence-corrected chi connectivity index (χ4v) is 5.29. The summed E-state index contributed by atoms with van der Waals surface area (Å²) in [6.07, 6.45) is 2.08. The number of carbonyl (C=O) groups excluding carboxylic acids is 1. The van der Waals surface area contributed by atoms with Crippen molar-refractivity contribution in [3.8, 4) is 16.9 Å². The van der Waals surface area contributed by atoms with Gasteiger partial charge >= 0.3 is 0 Å². The molecule has 1 saturated heterocycles. The van der Waals surface area contributed by atoms with Crippen LogP contribution in [0, 0.1) is 6.92 Å². The molecule has 11 heteroatoms. The Morgan fingerprint density at radius 3 is 2.58 bits per heavy atom. The number of benzene rings is 2. The molecule has 1 amide bonds. The van der Waals surface area contributed by atoms with Gasteiger partial charge in [0.05, 0.1) is 24.0 Å². The first-order chi connectivity index (χ1) is 19.2. The van der Waals surface area contributed by atoms with Crippen molar-refractivity contribution in [1.82, 2.24) is 24.2 Å². The number of nitrogens with zero attached hydrogens (tertiary/aromatic N) is 6. The number of nitrogens with two attached hydrogens (primary N) is 1. The number of fused-ring (bicyclic) bond motifs is 1. The van der Waals surface area contributed by atoms with Gasteiger partial charge in [-0.3, -0.25) is 19.0 Å². The Hall–Kier alpha value is -4.25. The van der Waals surface area contributed by atoms with Crippen molar-refractivity contribution in [2.24, 2.45) is 12.8 Å². The van der Waals surface area contributed by atoms with Crippen molar-refractivity contribution in [2.75, 3.05) is 31.1 Å². The minimum Gasteiger partial charge on any atom is -0.460 e. The molecule has 2 N–H and O–H groups in total. The fourth-order valence-electron chi connectivity index (χ4n) is 5.29. The lowest BCUT2D eigenvalue weighted by Crippen LogP contribution is -2.55. The topological polar surface area (TPSA) is 112 Å². The summed E-state index contributed by atoms with van der Waals surface area (Å²) in [5, 5.41) is 0.580.